The van der Waals surface area contributed by atoms with Gasteiger partial charge in [0, 0.05) is 24.5 Å². The molecular weight excluding hydrogens is 456 g/mol. The Kier molecular flexibility index (Phi) is 5.74. The zero-order valence-electron chi connectivity index (χ0n) is 16.7. The van der Waals surface area contributed by atoms with Crippen molar-refractivity contribution in [2.45, 2.75) is 32.0 Å². The minimum Gasteiger partial charge on any atom is -0.379 e. The van der Waals surface area contributed by atoms with Gasteiger partial charge in [-0.05, 0) is 31.9 Å². The fraction of sp³-hybridized carbons (Fsp3) is 0.500. The first-order valence-corrected chi connectivity index (χ1v) is 10.5. The highest BCUT2D eigenvalue weighted by Gasteiger charge is 2.46. The van der Waals surface area contributed by atoms with Crippen LogP contribution in [0.2, 0.25) is 10.0 Å². The van der Waals surface area contributed by atoms with E-state index in [1.54, 1.807) is 0 Å². The van der Waals surface area contributed by atoms with Gasteiger partial charge in [0.05, 0.1) is 28.9 Å². The average Bonchev–Trinajstić information content (AvgIpc) is 3.04. The molecule has 1 aromatic heterocycles. The Labute approximate surface area is 186 Å². The summed E-state index contributed by atoms with van der Waals surface area (Å²) in [6.07, 6.45) is -3.77. The van der Waals surface area contributed by atoms with Gasteiger partial charge in [-0.25, -0.2) is 4.98 Å². The molecule has 2 saturated heterocycles. The Bertz CT molecular complexity index is 1070. The molecule has 11 heteroatoms. The van der Waals surface area contributed by atoms with Crippen LogP contribution in [-0.4, -0.2) is 41.9 Å². The lowest BCUT2D eigenvalue weighted by Crippen LogP contribution is -2.50. The fourth-order valence-electron chi connectivity index (χ4n) is 4.39. The smallest absolute Gasteiger partial charge is 0.379 e. The number of hydrogen-bond donors (Lipinski definition) is 1. The standard InChI is InChI=1S/C20H21Cl2F3N4O2/c1-11-27-17(28-7-5-19(6-8-28)10-31-9-14(19)26)15(20(23,24)25)18(30)29(11)13-4-2-3-12(21)16(13)22/h2-4,14H,5-10,26H2,1H3/t14-/m0/s1. The van der Waals surface area contributed by atoms with E-state index in [0.29, 0.717) is 39.1 Å². The second kappa shape index (κ2) is 7.95. The van der Waals surface area contributed by atoms with Gasteiger partial charge in [0.15, 0.2) is 5.56 Å². The number of ether oxygens (including phenoxy) is 1. The quantitative estimate of drug-likeness (QED) is 0.713. The van der Waals surface area contributed by atoms with Gasteiger partial charge in [-0.15, -0.1) is 0 Å². The third kappa shape index (κ3) is 3.82. The number of rotatable bonds is 2. The lowest BCUT2D eigenvalue weighted by molar-refractivity contribution is -0.138. The Morgan fingerprint density at radius 3 is 2.52 bits per heavy atom. The van der Waals surface area contributed by atoms with Gasteiger partial charge in [0.25, 0.3) is 5.56 Å². The van der Waals surface area contributed by atoms with Crippen LogP contribution < -0.4 is 16.2 Å². The van der Waals surface area contributed by atoms with Gasteiger partial charge in [0.1, 0.15) is 11.6 Å². The first-order chi connectivity index (χ1) is 14.5. The summed E-state index contributed by atoms with van der Waals surface area (Å²) in [7, 11) is 0. The first-order valence-electron chi connectivity index (χ1n) is 9.79. The molecule has 6 nitrogen and oxygen atoms in total. The molecule has 0 aliphatic carbocycles. The van der Waals surface area contributed by atoms with E-state index in [-0.39, 0.29) is 38.8 Å². The number of anilines is 1. The molecule has 2 aromatic rings. The number of aromatic nitrogens is 2. The van der Waals surface area contributed by atoms with Crippen molar-refractivity contribution in [3.05, 3.63) is 50.0 Å². The maximum absolute atomic E-state index is 14.0. The molecule has 31 heavy (non-hydrogen) atoms. The molecule has 0 bridgehead atoms. The molecule has 1 aromatic carbocycles. The Balaban J connectivity index is 1.80. The highest BCUT2D eigenvalue weighted by Crippen LogP contribution is 2.41. The molecule has 1 atom stereocenters. The van der Waals surface area contributed by atoms with Crippen molar-refractivity contribution in [2.75, 3.05) is 31.2 Å². The molecule has 0 radical (unpaired) electrons. The molecule has 1 spiro atoms. The lowest BCUT2D eigenvalue weighted by Gasteiger charge is -2.41. The minimum atomic E-state index is -4.90. The molecule has 168 valence electrons. The summed E-state index contributed by atoms with van der Waals surface area (Å²) < 4.78 is 48.5. The second-order valence-corrected chi connectivity index (χ2v) is 8.83. The Morgan fingerprint density at radius 2 is 1.94 bits per heavy atom. The van der Waals surface area contributed by atoms with Crippen LogP contribution in [0.4, 0.5) is 19.0 Å². The van der Waals surface area contributed by atoms with Crippen LogP contribution in [-0.2, 0) is 10.9 Å². The molecule has 0 unspecified atom stereocenters. The van der Waals surface area contributed by atoms with E-state index < -0.39 is 17.3 Å². The lowest BCUT2D eigenvalue weighted by atomic mass is 9.75. The summed E-state index contributed by atoms with van der Waals surface area (Å²) >= 11 is 12.2. The van der Waals surface area contributed by atoms with Crippen molar-refractivity contribution in [3.8, 4) is 5.69 Å². The topological polar surface area (TPSA) is 73.4 Å². The summed E-state index contributed by atoms with van der Waals surface area (Å²) in [4.78, 5) is 18.8. The molecule has 4 rings (SSSR count). The van der Waals surface area contributed by atoms with E-state index in [1.807, 2.05) is 0 Å². The molecule has 2 fully saturated rings. The predicted octanol–water partition coefficient (Wildman–Crippen LogP) is 3.81. The average molecular weight is 477 g/mol. The third-order valence-corrected chi connectivity index (χ3v) is 7.03. The first kappa shape index (κ1) is 22.4. The van der Waals surface area contributed by atoms with Crippen LogP contribution in [0.3, 0.4) is 0 Å². The molecule has 2 aliphatic rings. The summed E-state index contributed by atoms with van der Waals surface area (Å²) in [5.74, 6) is -0.287. The van der Waals surface area contributed by atoms with Crippen LogP contribution in [0.1, 0.15) is 24.2 Å². The maximum atomic E-state index is 14.0. The van der Waals surface area contributed by atoms with Crippen LogP contribution in [0.15, 0.2) is 23.0 Å². The molecule has 2 N–H and O–H groups in total. The SMILES string of the molecule is Cc1nc(N2CCC3(CC2)COC[C@@H]3N)c(C(F)(F)F)c(=O)n1-c1cccc(Cl)c1Cl. The van der Waals surface area contributed by atoms with Crippen LogP contribution in [0, 0.1) is 12.3 Å². The van der Waals surface area contributed by atoms with E-state index >= 15 is 0 Å². The van der Waals surface area contributed by atoms with Gasteiger partial charge in [-0.1, -0.05) is 29.3 Å². The van der Waals surface area contributed by atoms with Crippen molar-refractivity contribution < 1.29 is 17.9 Å². The summed E-state index contributed by atoms with van der Waals surface area (Å²) in [5.41, 5.74) is 3.42. The molecule has 0 amide bonds. The van der Waals surface area contributed by atoms with Crippen LogP contribution in [0.5, 0.6) is 0 Å². The van der Waals surface area contributed by atoms with E-state index in [0.717, 1.165) is 4.57 Å². The van der Waals surface area contributed by atoms with Gasteiger partial charge in [-0.2, -0.15) is 13.2 Å². The number of halogens is 5. The second-order valence-electron chi connectivity index (χ2n) is 8.04. The molecule has 2 aliphatic heterocycles. The van der Waals surface area contributed by atoms with Crippen molar-refractivity contribution in [3.63, 3.8) is 0 Å². The van der Waals surface area contributed by atoms with Crippen molar-refractivity contribution in [2.24, 2.45) is 11.1 Å². The minimum absolute atomic E-state index is 0.0211. The predicted molar refractivity (Wildman–Crippen MR) is 112 cm³/mol. The zero-order valence-corrected chi connectivity index (χ0v) is 18.2. The van der Waals surface area contributed by atoms with Crippen LogP contribution in [0.25, 0.3) is 5.69 Å². The number of nitrogens with two attached hydrogens (primary N) is 1. The molecule has 0 saturated carbocycles. The maximum Gasteiger partial charge on any atom is 0.425 e. The fourth-order valence-corrected chi connectivity index (χ4v) is 4.77. The highest BCUT2D eigenvalue weighted by molar-refractivity contribution is 6.43. The Morgan fingerprint density at radius 1 is 1.26 bits per heavy atom. The summed E-state index contributed by atoms with van der Waals surface area (Å²) in [5, 5.41) is 0.103. The largest absolute Gasteiger partial charge is 0.425 e. The number of aryl methyl sites for hydroxylation is 1. The summed E-state index contributed by atoms with van der Waals surface area (Å²) in [6.45, 7) is 3.01. The number of nitrogens with zero attached hydrogens (tertiary/aromatic N) is 3. The van der Waals surface area contributed by atoms with Gasteiger partial charge < -0.3 is 15.4 Å². The van der Waals surface area contributed by atoms with Gasteiger partial charge in [-0.3, -0.25) is 9.36 Å². The molecular formula is C20H21Cl2F3N4O2. The van der Waals surface area contributed by atoms with E-state index in [4.69, 9.17) is 33.7 Å². The van der Waals surface area contributed by atoms with Crippen molar-refractivity contribution >= 4 is 29.0 Å². The number of piperidine rings is 1. The van der Waals surface area contributed by atoms with Gasteiger partial charge >= 0.3 is 6.18 Å². The number of hydrogen-bond acceptors (Lipinski definition) is 5. The van der Waals surface area contributed by atoms with Crippen molar-refractivity contribution in [1.82, 2.24) is 9.55 Å². The van der Waals surface area contributed by atoms with Crippen LogP contribution >= 0.6 is 23.2 Å². The van der Waals surface area contributed by atoms with Crippen molar-refractivity contribution in [1.29, 1.82) is 0 Å². The van der Waals surface area contributed by atoms with E-state index in [1.165, 1.54) is 30.0 Å². The highest BCUT2D eigenvalue weighted by atomic mass is 35.5. The van der Waals surface area contributed by atoms with E-state index in [9.17, 15) is 18.0 Å². The normalized spacial score (nSPS) is 21.1. The summed E-state index contributed by atoms with van der Waals surface area (Å²) in [6, 6.07) is 4.27. The third-order valence-electron chi connectivity index (χ3n) is 6.22. The number of alkyl halides is 3. The van der Waals surface area contributed by atoms with E-state index in [2.05, 4.69) is 4.98 Å². The monoisotopic (exact) mass is 476 g/mol. The zero-order chi connectivity index (χ0) is 22.6. The number of benzene rings is 1. The molecule has 3 heterocycles. The Hall–Kier alpha value is -1.81. The van der Waals surface area contributed by atoms with Gasteiger partial charge in [0.2, 0.25) is 0 Å².